The summed E-state index contributed by atoms with van der Waals surface area (Å²) in [6, 6.07) is 10.2. The predicted octanol–water partition coefficient (Wildman–Crippen LogP) is 3.18. The molecule has 0 aliphatic carbocycles. The first-order chi connectivity index (χ1) is 9.06. The minimum atomic E-state index is -0.925. The van der Waals surface area contributed by atoms with Gasteiger partial charge in [0.1, 0.15) is 0 Å². The molecule has 19 heavy (non-hydrogen) atoms. The van der Waals surface area contributed by atoms with E-state index in [1.54, 1.807) is 24.3 Å². The number of hydrogen-bond donors (Lipinski definition) is 2. The summed E-state index contributed by atoms with van der Waals surface area (Å²) < 4.78 is 25.7. The molecule has 1 amide bonds. The molecule has 0 atom stereocenters. The summed E-state index contributed by atoms with van der Waals surface area (Å²) in [5.74, 6) is -2.11. The van der Waals surface area contributed by atoms with Gasteiger partial charge < -0.3 is 5.32 Å². The molecule has 0 saturated carbocycles. The summed E-state index contributed by atoms with van der Waals surface area (Å²) in [6.07, 6.45) is 0. The minimum absolute atomic E-state index is 0.138. The van der Waals surface area contributed by atoms with Gasteiger partial charge in [-0.1, -0.05) is 6.07 Å². The number of thiol groups is 1. The molecule has 1 N–H and O–H groups in total. The average Bonchev–Trinajstić information content (AvgIpc) is 2.40. The van der Waals surface area contributed by atoms with Crippen molar-refractivity contribution in [2.45, 2.75) is 11.4 Å². The van der Waals surface area contributed by atoms with E-state index in [-0.39, 0.29) is 12.5 Å². The van der Waals surface area contributed by atoms with Gasteiger partial charge in [-0.05, 0) is 42.0 Å². The van der Waals surface area contributed by atoms with Crippen LogP contribution in [-0.4, -0.2) is 5.91 Å². The van der Waals surface area contributed by atoms with Crippen molar-refractivity contribution in [3.8, 4) is 0 Å². The van der Waals surface area contributed by atoms with Crippen LogP contribution in [0.2, 0.25) is 0 Å². The number of nitrogens with one attached hydrogen (secondary N) is 1. The van der Waals surface area contributed by atoms with E-state index in [2.05, 4.69) is 17.9 Å². The molecule has 2 rings (SSSR count). The second-order valence-electron chi connectivity index (χ2n) is 3.98. The van der Waals surface area contributed by atoms with E-state index < -0.39 is 11.6 Å². The van der Waals surface area contributed by atoms with Crippen LogP contribution in [-0.2, 0) is 6.54 Å². The molecule has 98 valence electrons. The molecule has 0 heterocycles. The van der Waals surface area contributed by atoms with Crippen molar-refractivity contribution in [2.24, 2.45) is 0 Å². The van der Waals surface area contributed by atoms with E-state index in [1.807, 2.05) is 0 Å². The smallest absolute Gasteiger partial charge is 0.251 e. The highest BCUT2D eigenvalue weighted by molar-refractivity contribution is 7.80. The van der Waals surface area contributed by atoms with Crippen molar-refractivity contribution in [2.75, 3.05) is 0 Å². The van der Waals surface area contributed by atoms with Crippen molar-refractivity contribution < 1.29 is 13.6 Å². The van der Waals surface area contributed by atoms with Crippen LogP contribution in [0.4, 0.5) is 8.78 Å². The molecule has 0 unspecified atom stereocenters. The maximum absolute atomic E-state index is 13.0. The highest BCUT2D eigenvalue weighted by atomic mass is 32.1. The van der Waals surface area contributed by atoms with Crippen LogP contribution >= 0.6 is 12.6 Å². The topological polar surface area (TPSA) is 29.1 Å². The largest absolute Gasteiger partial charge is 0.348 e. The molecule has 2 aromatic carbocycles. The molecule has 0 saturated heterocycles. The zero-order chi connectivity index (χ0) is 13.8. The normalized spacial score (nSPS) is 10.3. The lowest BCUT2D eigenvalue weighted by Crippen LogP contribution is -2.22. The van der Waals surface area contributed by atoms with Gasteiger partial charge in [-0.25, -0.2) is 8.78 Å². The summed E-state index contributed by atoms with van der Waals surface area (Å²) in [7, 11) is 0. The van der Waals surface area contributed by atoms with Gasteiger partial charge in [-0.15, -0.1) is 12.6 Å². The van der Waals surface area contributed by atoms with E-state index in [0.29, 0.717) is 11.1 Å². The summed E-state index contributed by atoms with van der Waals surface area (Å²) in [6.45, 7) is 0.138. The lowest BCUT2D eigenvalue weighted by Gasteiger charge is -2.06. The standard InChI is InChI=1S/C14H11F2NOS/c15-12-6-1-9(7-13(12)16)8-17-14(18)10-2-4-11(19)5-3-10/h1-7,19H,8H2,(H,17,18). The van der Waals surface area contributed by atoms with Crippen LogP contribution in [0.15, 0.2) is 47.4 Å². The molecule has 2 nitrogen and oxygen atoms in total. The van der Waals surface area contributed by atoms with E-state index in [4.69, 9.17) is 0 Å². The Morgan fingerprint density at radius 2 is 1.74 bits per heavy atom. The van der Waals surface area contributed by atoms with E-state index >= 15 is 0 Å². The molecule has 2 aromatic rings. The third-order valence-corrected chi connectivity index (χ3v) is 2.86. The molecule has 0 fully saturated rings. The lowest BCUT2D eigenvalue weighted by atomic mass is 10.2. The molecule has 0 bridgehead atoms. The first-order valence-corrected chi connectivity index (χ1v) is 6.02. The van der Waals surface area contributed by atoms with Gasteiger partial charge in [0.05, 0.1) is 0 Å². The SMILES string of the molecule is O=C(NCc1ccc(F)c(F)c1)c1ccc(S)cc1. The zero-order valence-electron chi connectivity index (χ0n) is 9.86. The van der Waals surface area contributed by atoms with Gasteiger partial charge in [0.15, 0.2) is 11.6 Å². The predicted molar refractivity (Wildman–Crippen MR) is 71.2 cm³/mol. The number of hydrogen-bond acceptors (Lipinski definition) is 2. The highest BCUT2D eigenvalue weighted by Crippen LogP contribution is 2.10. The number of halogens is 2. The van der Waals surface area contributed by atoms with E-state index in [0.717, 1.165) is 17.0 Å². The summed E-state index contributed by atoms with van der Waals surface area (Å²) >= 11 is 4.12. The van der Waals surface area contributed by atoms with Gasteiger partial charge in [0, 0.05) is 17.0 Å². The van der Waals surface area contributed by atoms with E-state index in [1.165, 1.54) is 6.07 Å². The molecular formula is C14H11F2NOS. The maximum atomic E-state index is 13.0. The Morgan fingerprint density at radius 1 is 1.05 bits per heavy atom. The third kappa shape index (κ3) is 3.54. The Bertz CT molecular complexity index is 599. The Kier molecular flexibility index (Phi) is 4.16. The Labute approximate surface area is 114 Å². The molecular weight excluding hydrogens is 268 g/mol. The molecule has 0 radical (unpaired) electrons. The van der Waals surface area contributed by atoms with Crippen LogP contribution < -0.4 is 5.32 Å². The maximum Gasteiger partial charge on any atom is 0.251 e. The van der Waals surface area contributed by atoms with Gasteiger partial charge >= 0.3 is 0 Å². The number of amides is 1. The van der Waals surface area contributed by atoms with Crippen LogP contribution in [0.25, 0.3) is 0 Å². The summed E-state index contributed by atoms with van der Waals surface area (Å²) in [5, 5.41) is 2.63. The molecule has 0 aromatic heterocycles. The number of rotatable bonds is 3. The quantitative estimate of drug-likeness (QED) is 0.830. The minimum Gasteiger partial charge on any atom is -0.348 e. The molecule has 0 aliphatic rings. The van der Waals surface area contributed by atoms with Crippen molar-refractivity contribution in [3.05, 3.63) is 65.2 Å². The fourth-order valence-electron chi connectivity index (χ4n) is 1.55. The molecule has 5 heteroatoms. The van der Waals surface area contributed by atoms with Gasteiger partial charge in [0.2, 0.25) is 0 Å². The molecule has 0 aliphatic heterocycles. The average molecular weight is 279 g/mol. The number of carbonyl (C=O) groups excluding carboxylic acids is 1. The first-order valence-electron chi connectivity index (χ1n) is 5.57. The highest BCUT2D eigenvalue weighted by Gasteiger charge is 2.06. The van der Waals surface area contributed by atoms with Crippen LogP contribution in [0.1, 0.15) is 15.9 Å². The Morgan fingerprint density at radius 3 is 2.37 bits per heavy atom. The van der Waals surface area contributed by atoms with Crippen LogP contribution in [0.5, 0.6) is 0 Å². The zero-order valence-corrected chi connectivity index (χ0v) is 10.8. The fourth-order valence-corrected chi connectivity index (χ4v) is 1.70. The van der Waals surface area contributed by atoms with Gasteiger partial charge in [-0.3, -0.25) is 4.79 Å². The van der Waals surface area contributed by atoms with Gasteiger partial charge in [-0.2, -0.15) is 0 Å². The fraction of sp³-hybridized carbons (Fsp3) is 0.0714. The summed E-state index contributed by atoms with van der Waals surface area (Å²) in [5.41, 5.74) is 0.985. The number of benzene rings is 2. The second kappa shape index (κ2) is 5.84. The van der Waals surface area contributed by atoms with Crippen LogP contribution in [0.3, 0.4) is 0 Å². The number of carbonyl (C=O) groups is 1. The monoisotopic (exact) mass is 279 g/mol. The second-order valence-corrected chi connectivity index (χ2v) is 4.49. The lowest BCUT2D eigenvalue weighted by molar-refractivity contribution is 0.0951. The van der Waals surface area contributed by atoms with Crippen LogP contribution in [0, 0.1) is 11.6 Å². The third-order valence-electron chi connectivity index (χ3n) is 2.57. The van der Waals surface area contributed by atoms with Crippen molar-refractivity contribution in [1.29, 1.82) is 0 Å². The van der Waals surface area contributed by atoms with E-state index in [9.17, 15) is 13.6 Å². The first kappa shape index (κ1) is 13.5. The van der Waals surface area contributed by atoms with Crippen molar-refractivity contribution >= 4 is 18.5 Å². The van der Waals surface area contributed by atoms with Crippen molar-refractivity contribution in [3.63, 3.8) is 0 Å². The Balaban J connectivity index is 2.00. The van der Waals surface area contributed by atoms with Crippen molar-refractivity contribution in [1.82, 2.24) is 5.32 Å². The molecule has 0 spiro atoms. The van der Waals surface area contributed by atoms with Gasteiger partial charge in [0.25, 0.3) is 5.91 Å². The summed E-state index contributed by atoms with van der Waals surface area (Å²) in [4.78, 5) is 12.5. The Hall–Kier alpha value is -1.88.